The van der Waals surface area contributed by atoms with Crippen molar-refractivity contribution in [3.05, 3.63) is 58.1 Å². The Balaban J connectivity index is 1.50. The molecule has 0 saturated heterocycles. The van der Waals surface area contributed by atoms with Gasteiger partial charge in [-0.25, -0.2) is 13.1 Å². The molecule has 1 N–H and O–H groups in total. The molecule has 0 spiro atoms. The molecule has 0 amide bonds. The van der Waals surface area contributed by atoms with E-state index in [1.54, 1.807) is 0 Å². The van der Waals surface area contributed by atoms with E-state index in [0.29, 0.717) is 6.42 Å². The van der Waals surface area contributed by atoms with Gasteiger partial charge in [0, 0.05) is 24.1 Å². The normalized spacial score (nSPS) is 15.1. The van der Waals surface area contributed by atoms with E-state index in [1.807, 2.05) is 12.1 Å². The van der Waals surface area contributed by atoms with E-state index in [0.717, 1.165) is 44.6 Å². The Morgan fingerprint density at radius 3 is 2.57 bits per heavy atom. The Hall–Kier alpha value is -1.62. The Morgan fingerprint density at radius 2 is 1.83 bits per heavy atom. The van der Waals surface area contributed by atoms with Crippen LogP contribution in [0.5, 0.6) is 5.75 Å². The molecule has 0 atom stereocenters. The summed E-state index contributed by atoms with van der Waals surface area (Å²) in [7, 11) is -4.13. The number of ether oxygens (including phenoxy) is 1. The summed E-state index contributed by atoms with van der Waals surface area (Å²) < 4.78 is 69.3. The van der Waals surface area contributed by atoms with Gasteiger partial charge in [-0.1, -0.05) is 40.2 Å². The zero-order valence-corrected chi connectivity index (χ0v) is 18.5. The average Bonchev–Trinajstić information content (AvgIpc) is 2.66. The average molecular weight is 507 g/mol. The van der Waals surface area contributed by atoms with Crippen LogP contribution in [0, 0.1) is 0 Å². The van der Waals surface area contributed by atoms with Crippen LogP contribution in [0.3, 0.4) is 0 Å². The molecule has 1 heterocycles. The Kier molecular flexibility index (Phi) is 7.43. The van der Waals surface area contributed by atoms with E-state index in [-0.39, 0.29) is 11.0 Å². The van der Waals surface area contributed by atoms with Crippen molar-refractivity contribution in [2.75, 3.05) is 19.6 Å². The number of halogens is 4. The van der Waals surface area contributed by atoms with E-state index in [4.69, 9.17) is 0 Å². The third-order valence-corrected chi connectivity index (χ3v) is 6.82. The molecule has 0 fully saturated rings. The molecule has 2 aromatic rings. The van der Waals surface area contributed by atoms with Crippen molar-refractivity contribution in [2.24, 2.45) is 0 Å². The number of sulfonamides is 1. The van der Waals surface area contributed by atoms with Crippen LogP contribution < -0.4 is 9.46 Å². The number of fused-ring (bicyclic) bond motifs is 1. The van der Waals surface area contributed by atoms with Gasteiger partial charge in [0.05, 0.1) is 0 Å². The van der Waals surface area contributed by atoms with Crippen molar-refractivity contribution in [1.29, 1.82) is 0 Å². The highest BCUT2D eigenvalue weighted by molar-refractivity contribution is 9.10. The minimum absolute atomic E-state index is 0.133. The van der Waals surface area contributed by atoms with Gasteiger partial charge < -0.3 is 4.74 Å². The molecule has 0 bridgehead atoms. The molecule has 0 aromatic heterocycles. The molecular formula is C20H22BrF3N2O3S. The SMILES string of the molecule is O=S(=O)(NCCCCN1CCc2ccccc2C1)c1ccc(Br)cc1OC(F)(F)F. The highest BCUT2D eigenvalue weighted by Crippen LogP contribution is 2.32. The van der Waals surface area contributed by atoms with E-state index in [2.05, 4.69) is 42.4 Å². The number of rotatable bonds is 8. The lowest BCUT2D eigenvalue weighted by Crippen LogP contribution is -2.32. The molecule has 2 aromatic carbocycles. The van der Waals surface area contributed by atoms with Gasteiger partial charge >= 0.3 is 6.36 Å². The first-order chi connectivity index (χ1) is 14.1. The number of hydrogen-bond acceptors (Lipinski definition) is 4. The van der Waals surface area contributed by atoms with Crippen molar-refractivity contribution >= 4 is 26.0 Å². The molecule has 3 rings (SSSR count). The van der Waals surface area contributed by atoms with Crippen molar-refractivity contribution in [1.82, 2.24) is 9.62 Å². The maximum Gasteiger partial charge on any atom is 0.573 e. The molecule has 1 aliphatic rings. The summed E-state index contributed by atoms with van der Waals surface area (Å²) in [6, 6.07) is 11.7. The lowest BCUT2D eigenvalue weighted by atomic mass is 10.00. The van der Waals surface area contributed by atoms with Gasteiger partial charge in [-0.3, -0.25) is 4.90 Å². The summed E-state index contributed by atoms with van der Waals surface area (Å²) >= 11 is 3.02. The summed E-state index contributed by atoms with van der Waals surface area (Å²) in [4.78, 5) is 1.77. The van der Waals surface area contributed by atoms with Gasteiger partial charge in [0.15, 0.2) is 5.75 Å². The van der Waals surface area contributed by atoms with Crippen LogP contribution in [0.15, 0.2) is 51.8 Å². The number of nitrogens with one attached hydrogen (secondary N) is 1. The fourth-order valence-electron chi connectivity index (χ4n) is 3.40. The largest absolute Gasteiger partial charge is 0.573 e. The van der Waals surface area contributed by atoms with Gasteiger partial charge in [-0.2, -0.15) is 0 Å². The predicted molar refractivity (Wildman–Crippen MR) is 111 cm³/mol. The number of benzene rings is 2. The van der Waals surface area contributed by atoms with Gasteiger partial charge in [0.1, 0.15) is 4.90 Å². The zero-order chi connectivity index (χ0) is 21.8. The van der Waals surface area contributed by atoms with E-state index >= 15 is 0 Å². The monoisotopic (exact) mass is 506 g/mol. The summed E-state index contributed by atoms with van der Waals surface area (Å²) in [5, 5.41) is 0. The molecule has 30 heavy (non-hydrogen) atoms. The van der Waals surface area contributed by atoms with Crippen LogP contribution in [0.1, 0.15) is 24.0 Å². The van der Waals surface area contributed by atoms with Crippen molar-refractivity contribution in [3.63, 3.8) is 0 Å². The molecule has 10 heteroatoms. The molecule has 164 valence electrons. The number of hydrogen-bond donors (Lipinski definition) is 1. The molecular weight excluding hydrogens is 485 g/mol. The first-order valence-corrected chi connectivity index (χ1v) is 11.8. The minimum atomic E-state index is -4.99. The van der Waals surface area contributed by atoms with Crippen molar-refractivity contribution in [3.8, 4) is 5.75 Å². The highest BCUT2D eigenvalue weighted by Gasteiger charge is 2.34. The first kappa shape index (κ1) is 23.1. The maximum atomic E-state index is 12.6. The summed E-state index contributed by atoms with van der Waals surface area (Å²) in [5.41, 5.74) is 2.68. The smallest absolute Gasteiger partial charge is 0.404 e. The Morgan fingerprint density at radius 1 is 1.10 bits per heavy atom. The third-order valence-electron chi connectivity index (χ3n) is 4.82. The second-order valence-electron chi connectivity index (χ2n) is 7.04. The van der Waals surface area contributed by atoms with Crippen molar-refractivity contribution in [2.45, 2.75) is 37.1 Å². The van der Waals surface area contributed by atoms with Gasteiger partial charge in [-0.15, -0.1) is 13.2 Å². The van der Waals surface area contributed by atoms with Gasteiger partial charge in [0.2, 0.25) is 10.0 Å². The van der Waals surface area contributed by atoms with Crippen LogP contribution in [-0.2, 0) is 23.0 Å². The van der Waals surface area contributed by atoms with E-state index in [9.17, 15) is 21.6 Å². The van der Waals surface area contributed by atoms with Crippen LogP contribution in [0.4, 0.5) is 13.2 Å². The molecule has 0 radical (unpaired) electrons. The fraction of sp³-hybridized carbons (Fsp3) is 0.400. The second kappa shape index (κ2) is 9.67. The number of nitrogens with zero attached hydrogens (tertiary/aromatic N) is 1. The van der Waals surface area contributed by atoms with Crippen LogP contribution in [-0.4, -0.2) is 39.3 Å². The summed E-state index contributed by atoms with van der Waals surface area (Å²) in [5.74, 6) is -0.767. The van der Waals surface area contributed by atoms with Crippen molar-refractivity contribution < 1.29 is 26.3 Å². The highest BCUT2D eigenvalue weighted by atomic mass is 79.9. The lowest BCUT2D eigenvalue weighted by Gasteiger charge is -2.28. The lowest BCUT2D eigenvalue weighted by molar-refractivity contribution is -0.275. The number of unbranched alkanes of at least 4 members (excludes halogenated alkanes) is 1. The molecule has 1 aliphatic heterocycles. The Labute approximate surface area is 182 Å². The second-order valence-corrected chi connectivity index (χ2v) is 9.69. The fourth-order valence-corrected chi connectivity index (χ4v) is 4.92. The standard InChI is InChI=1S/C20H22BrF3N2O3S/c21-17-7-8-19(18(13-17)29-20(22,23)24)30(27,28)25-10-3-4-11-26-12-9-15-5-1-2-6-16(15)14-26/h1-2,5-8,13,25H,3-4,9-12,14H2. The maximum absolute atomic E-state index is 12.6. The number of alkyl halides is 3. The van der Waals surface area contributed by atoms with Gasteiger partial charge in [-0.05, 0) is 55.1 Å². The topological polar surface area (TPSA) is 58.6 Å². The zero-order valence-electron chi connectivity index (χ0n) is 16.1. The van der Waals surface area contributed by atoms with E-state index < -0.39 is 27.0 Å². The summed E-state index contributed by atoms with van der Waals surface area (Å²) in [6.45, 7) is 2.80. The minimum Gasteiger partial charge on any atom is -0.404 e. The van der Waals surface area contributed by atoms with Crippen LogP contribution in [0.2, 0.25) is 0 Å². The summed E-state index contributed by atoms with van der Waals surface area (Å²) in [6.07, 6.45) is -2.65. The van der Waals surface area contributed by atoms with Crippen LogP contribution in [0.25, 0.3) is 0 Å². The molecule has 5 nitrogen and oxygen atoms in total. The third kappa shape index (κ3) is 6.44. The van der Waals surface area contributed by atoms with Crippen LogP contribution >= 0.6 is 15.9 Å². The Bertz CT molecular complexity index is 984. The predicted octanol–water partition coefficient (Wildman–Crippen LogP) is 4.46. The molecule has 0 aliphatic carbocycles. The van der Waals surface area contributed by atoms with E-state index in [1.165, 1.54) is 17.2 Å². The first-order valence-electron chi connectivity index (χ1n) is 9.48. The van der Waals surface area contributed by atoms with Gasteiger partial charge in [0.25, 0.3) is 0 Å². The molecule has 0 unspecified atom stereocenters. The molecule has 0 saturated carbocycles. The quantitative estimate of drug-likeness (QED) is 0.536.